The Hall–Kier alpha value is -3.16. The lowest BCUT2D eigenvalue weighted by molar-refractivity contribution is -0.143. The average molecular weight is 510 g/mol. The molecule has 36 heavy (non-hydrogen) atoms. The molecule has 1 unspecified atom stereocenters. The Morgan fingerprint density at radius 2 is 1.75 bits per heavy atom. The number of nitrogens with zero attached hydrogens (tertiary/aromatic N) is 3. The number of rotatable bonds is 7. The maximum atomic E-state index is 13.2. The third-order valence-corrected chi connectivity index (χ3v) is 7.07. The SMILES string of the molecule is CCOC(=O)C1=C(C)N(CC(=O)N2CCN(Cc3ccccc3)CC2)C(=O)CC1c1cccc(Cl)c1. The third kappa shape index (κ3) is 5.97. The summed E-state index contributed by atoms with van der Waals surface area (Å²) in [5.41, 5.74) is 2.89. The van der Waals surface area contributed by atoms with E-state index in [1.165, 1.54) is 10.5 Å². The minimum Gasteiger partial charge on any atom is -0.463 e. The fraction of sp³-hybridized carbons (Fsp3) is 0.393. The fourth-order valence-electron chi connectivity index (χ4n) is 4.92. The molecule has 7 nitrogen and oxygen atoms in total. The predicted octanol–water partition coefficient (Wildman–Crippen LogP) is 3.84. The Labute approximate surface area is 217 Å². The first kappa shape index (κ1) is 25.9. The summed E-state index contributed by atoms with van der Waals surface area (Å²) in [6.07, 6.45) is 0.0734. The zero-order valence-corrected chi connectivity index (χ0v) is 21.5. The van der Waals surface area contributed by atoms with Crippen LogP contribution in [0.15, 0.2) is 65.9 Å². The largest absolute Gasteiger partial charge is 0.463 e. The number of amides is 2. The van der Waals surface area contributed by atoms with Crippen LogP contribution in [0.25, 0.3) is 0 Å². The predicted molar refractivity (Wildman–Crippen MR) is 138 cm³/mol. The van der Waals surface area contributed by atoms with Gasteiger partial charge in [0.15, 0.2) is 0 Å². The van der Waals surface area contributed by atoms with Crippen LogP contribution in [0.2, 0.25) is 5.02 Å². The van der Waals surface area contributed by atoms with Gasteiger partial charge < -0.3 is 14.5 Å². The number of hydrogen-bond donors (Lipinski definition) is 0. The third-order valence-electron chi connectivity index (χ3n) is 6.84. The highest BCUT2D eigenvalue weighted by Gasteiger charge is 2.38. The van der Waals surface area contributed by atoms with E-state index in [9.17, 15) is 14.4 Å². The first-order chi connectivity index (χ1) is 17.4. The van der Waals surface area contributed by atoms with Crippen LogP contribution in [0.5, 0.6) is 0 Å². The Kier molecular flexibility index (Phi) is 8.44. The van der Waals surface area contributed by atoms with Crippen molar-refractivity contribution in [2.24, 2.45) is 0 Å². The smallest absolute Gasteiger partial charge is 0.336 e. The Bertz CT molecular complexity index is 1140. The van der Waals surface area contributed by atoms with Crippen molar-refractivity contribution in [3.05, 3.63) is 82.0 Å². The molecule has 4 rings (SSSR count). The molecule has 0 aromatic heterocycles. The van der Waals surface area contributed by atoms with Crippen molar-refractivity contribution in [1.29, 1.82) is 0 Å². The number of allylic oxidation sites excluding steroid dienone is 1. The van der Waals surface area contributed by atoms with Crippen molar-refractivity contribution in [3.63, 3.8) is 0 Å². The summed E-state index contributed by atoms with van der Waals surface area (Å²) in [6.45, 7) is 7.19. The summed E-state index contributed by atoms with van der Waals surface area (Å²) in [5, 5.41) is 0.532. The van der Waals surface area contributed by atoms with E-state index < -0.39 is 11.9 Å². The van der Waals surface area contributed by atoms with Crippen LogP contribution >= 0.6 is 11.6 Å². The number of carbonyl (C=O) groups is 3. The van der Waals surface area contributed by atoms with E-state index in [2.05, 4.69) is 17.0 Å². The molecule has 2 aliphatic rings. The van der Waals surface area contributed by atoms with Gasteiger partial charge in [-0.05, 0) is 37.1 Å². The van der Waals surface area contributed by atoms with E-state index in [1.54, 1.807) is 36.9 Å². The molecule has 1 saturated heterocycles. The number of piperazine rings is 1. The fourth-order valence-corrected chi connectivity index (χ4v) is 5.12. The first-order valence-corrected chi connectivity index (χ1v) is 12.7. The van der Waals surface area contributed by atoms with Crippen LogP contribution in [0.1, 0.15) is 37.3 Å². The summed E-state index contributed by atoms with van der Waals surface area (Å²) < 4.78 is 5.33. The molecular weight excluding hydrogens is 478 g/mol. The Balaban J connectivity index is 1.47. The molecule has 8 heteroatoms. The monoisotopic (exact) mass is 509 g/mol. The second-order valence-electron chi connectivity index (χ2n) is 9.15. The number of hydrogen-bond acceptors (Lipinski definition) is 5. The van der Waals surface area contributed by atoms with Crippen LogP contribution in [0.3, 0.4) is 0 Å². The zero-order valence-electron chi connectivity index (χ0n) is 20.8. The van der Waals surface area contributed by atoms with Crippen LogP contribution in [-0.2, 0) is 25.7 Å². The standard InChI is InChI=1S/C28H32ClN3O4/c1-3-36-28(35)27-20(2)32(25(33)17-24(27)22-10-7-11-23(29)16-22)19-26(34)31-14-12-30(13-15-31)18-21-8-5-4-6-9-21/h4-11,16,24H,3,12-15,17-19H2,1-2H3. The Morgan fingerprint density at radius 1 is 1.03 bits per heavy atom. The van der Waals surface area contributed by atoms with Gasteiger partial charge in [0.25, 0.3) is 0 Å². The molecule has 2 aromatic rings. The molecule has 0 spiro atoms. The molecule has 2 aliphatic heterocycles. The molecule has 1 fully saturated rings. The van der Waals surface area contributed by atoms with Crippen molar-refractivity contribution < 1.29 is 19.1 Å². The van der Waals surface area contributed by atoms with E-state index >= 15 is 0 Å². The average Bonchev–Trinajstić information content (AvgIpc) is 2.87. The van der Waals surface area contributed by atoms with Gasteiger partial charge in [0.2, 0.25) is 11.8 Å². The van der Waals surface area contributed by atoms with E-state index in [1.807, 2.05) is 24.3 Å². The quantitative estimate of drug-likeness (QED) is 0.530. The number of ether oxygens (including phenoxy) is 1. The van der Waals surface area contributed by atoms with Gasteiger partial charge in [-0.3, -0.25) is 14.5 Å². The lowest BCUT2D eigenvalue weighted by Crippen LogP contribution is -2.52. The molecule has 0 aliphatic carbocycles. The number of benzene rings is 2. The molecule has 0 radical (unpaired) electrons. The van der Waals surface area contributed by atoms with E-state index in [0.29, 0.717) is 29.4 Å². The van der Waals surface area contributed by atoms with E-state index in [4.69, 9.17) is 16.3 Å². The molecule has 1 atom stereocenters. The van der Waals surface area contributed by atoms with Crippen molar-refractivity contribution in [3.8, 4) is 0 Å². The molecule has 190 valence electrons. The van der Waals surface area contributed by atoms with Crippen LogP contribution < -0.4 is 0 Å². The minimum absolute atomic E-state index is 0.0734. The van der Waals surface area contributed by atoms with Crippen LogP contribution in [-0.4, -0.2) is 71.8 Å². The normalized spacial score (nSPS) is 19.0. The van der Waals surface area contributed by atoms with Crippen LogP contribution in [0.4, 0.5) is 0 Å². The molecule has 0 saturated carbocycles. The molecule has 0 N–H and O–H groups in total. The lowest BCUT2D eigenvalue weighted by Gasteiger charge is -2.38. The highest BCUT2D eigenvalue weighted by Crippen LogP contribution is 2.37. The molecule has 2 amide bonds. The van der Waals surface area contributed by atoms with Gasteiger partial charge in [0, 0.05) is 55.8 Å². The zero-order chi connectivity index (χ0) is 25.7. The van der Waals surface area contributed by atoms with E-state index in [-0.39, 0.29) is 31.4 Å². The van der Waals surface area contributed by atoms with Gasteiger partial charge in [0.1, 0.15) is 6.54 Å². The first-order valence-electron chi connectivity index (χ1n) is 12.3. The van der Waals surface area contributed by atoms with Crippen molar-refractivity contribution in [1.82, 2.24) is 14.7 Å². The highest BCUT2D eigenvalue weighted by atomic mass is 35.5. The van der Waals surface area contributed by atoms with Gasteiger partial charge in [-0.15, -0.1) is 0 Å². The second-order valence-corrected chi connectivity index (χ2v) is 9.59. The van der Waals surface area contributed by atoms with Crippen molar-refractivity contribution >= 4 is 29.4 Å². The summed E-state index contributed by atoms with van der Waals surface area (Å²) in [5.74, 6) is -1.25. The van der Waals surface area contributed by atoms with Gasteiger partial charge in [-0.1, -0.05) is 54.1 Å². The number of esters is 1. The minimum atomic E-state index is -0.473. The summed E-state index contributed by atoms with van der Waals surface area (Å²) in [4.78, 5) is 44.9. The second kappa shape index (κ2) is 11.7. The lowest BCUT2D eigenvalue weighted by atomic mass is 9.83. The van der Waals surface area contributed by atoms with Crippen LogP contribution in [0, 0.1) is 0 Å². The molecule has 2 heterocycles. The molecule has 0 bridgehead atoms. The van der Waals surface area contributed by atoms with E-state index in [0.717, 1.165) is 25.2 Å². The maximum Gasteiger partial charge on any atom is 0.336 e. The molecule has 2 aromatic carbocycles. The van der Waals surface area contributed by atoms with Gasteiger partial charge in [-0.25, -0.2) is 4.79 Å². The summed E-state index contributed by atoms with van der Waals surface area (Å²) in [7, 11) is 0. The van der Waals surface area contributed by atoms with Gasteiger partial charge in [0.05, 0.1) is 12.2 Å². The maximum absolute atomic E-state index is 13.2. The highest BCUT2D eigenvalue weighted by molar-refractivity contribution is 6.30. The topological polar surface area (TPSA) is 70.2 Å². The number of halogens is 1. The summed E-state index contributed by atoms with van der Waals surface area (Å²) in [6, 6.07) is 17.4. The summed E-state index contributed by atoms with van der Waals surface area (Å²) >= 11 is 6.18. The molecular formula is C28H32ClN3O4. The number of carbonyl (C=O) groups excluding carboxylic acids is 3. The van der Waals surface area contributed by atoms with Gasteiger partial charge in [-0.2, -0.15) is 0 Å². The van der Waals surface area contributed by atoms with Crippen molar-refractivity contribution in [2.75, 3.05) is 39.3 Å². The van der Waals surface area contributed by atoms with Crippen molar-refractivity contribution in [2.45, 2.75) is 32.7 Å². The Morgan fingerprint density at radius 3 is 2.42 bits per heavy atom. The van der Waals surface area contributed by atoms with Gasteiger partial charge >= 0.3 is 5.97 Å².